The topological polar surface area (TPSA) is 61.9 Å². The molecule has 2 N–H and O–H groups in total. The largest absolute Gasteiger partial charge is 0.330 e. The summed E-state index contributed by atoms with van der Waals surface area (Å²) in [5.74, 6) is 0.124. The van der Waals surface area contributed by atoms with Crippen LogP contribution in [-0.4, -0.2) is 35.8 Å². The monoisotopic (exact) mass is 478 g/mol. The molecule has 0 unspecified atom stereocenters. The van der Waals surface area contributed by atoms with Crippen LogP contribution >= 0.6 is 0 Å². The van der Waals surface area contributed by atoms with E-state index in [1.54, 1.807) is 0 Å². The van der Waals surface area contributed by atoms with E-state index in [9.17, 15) is 4.79 Å². The molecule has 1 aliphatic heterocycles. The summed E-state index contributed by atoms with van der Waals surface area (Å²) in [6, 6.07) is 15.2. The molecule has 35 heavy (non-hydrogen) atoms. The average molecular weight is 479 g/mol. The highest BCUT2D eigenvalue weighted by molar-refractivity contribution is 6.21. The molecule has 0 radical (unpaired) electrons. The molecular weight excluding hydrogens is 432 g/mol. The standard InChI is InChI=1S/C26H34N4O.2C2H6/c1-19(2)30(18-20-9-4-3-5-10-20)28-24-17-26(31)29(14-8-13-27)25-16-22-12-7-6-11-21(22)15-23(24)25;2*1-2/h3-5,9-10,15-16,19H,6-8,11-14,17-18,27H2,1-2H3;2*1-2H3/b28-24+;;. The van der Waals surface area contributed by atoms with Gasteiger partial charge < -0.3 is 10.6 Å². The normalized spacial score (nSPS) is 15.5. The first-order valence-electron chi connectivity index (χ1n) is 13.6. The lowest BCUT2D eigenvalue weighted by molar-refractivity contribution is -0.117. The number of hydrogen-bond acceptors (Lipinski definition) is 4. The summed E-state index contributed by atoms with van der Waals surface area (Å²) in [6.45, 7) is 14.3. The number of hydrazone groups is 1. The van der Waals surface area contributed by atoms with Crippen molar-refractivity contribution in [2.75, 3.05) is 18.0 Å². The van der Waals surface area contributed by atoms with Gasteiger partial charge in [0, 0.05) is 18.2 Å². The Bertz CT molecular complexity index is 952. The maximum atomic E-state index is 13.1. The smallest absolute Gasteiger partial charge is 0.233 e. The Morgan fingerprint density at radius 3 is 2.23 bits per heavy atom. The van der Waals surface area contributed by atoms with Gasteiger partial charge in [-0.2, -0.15) is 5.10 Å². The van der Waals surface area contributed by atoms with Crippen molar-refractivity contribution < 1.29 is 4.79 Å². The van der Waals surface area contributed by atoms with Crippen LogP contribution in [0.25, 0.3) is 0 Å². The maximum Gasteiger partial charge on any atom is 0.233 e. The second-order valence-corrected chi connectivity index (χ2v) is 8.93. The van der Waals surface area contributed by atoms with Crippen LogP contribution in [0.1, 0.15) is 89.5 Å². The first-order chi connectivity index (χ1) is 17.1. The molecule has 2 aromatic carbocycles. The van der Waals surface area contributed by atoms with Gasteiger partial charge in [0.2, 0.25) is 5.91 Å². The molecular formula is C30H46N4O. The van der Waals surface area contributed by atoms with Gasteiger partial charge in [0.15, 0.2) is 0 Å². The lowest BCUT2D eigenvalue weighted by atomic mass is 9.86. The van der Waals surface area contributed by atoms with E-state index < -0.39 is 0 Å². The second kappa shape index (κ2) is 14.7. The van der Waals surface area contributed by atoms with Crippen molar-refractivity contribution in [3.63, 3.8) is 0 Å². The highest BCUT2D eigenvalue weighted by Crippen LogP contribution is 2.34. The number of carbonyl (C=O) groups excluding carboxylic acids is 1. The second-order valence-electron chi connectivity index (χ2n) is 8.93. The van der Waals surface area contributed by atoms with Crippen LogP contribution in [0.4, 0.5) is 5.69 Å². The first kappa shape index (κ1) is 28.6. The quantitative estimate of drug-likeness (QED) is 0.474. The van der Waals surface area contributed by atoms with Crippen LogP contribution in [-0.2, 0) is 24.2 Å². The summed E-state index contributed by atoms with van der Waals surface area (Å²) in [5, 5.41) is 7.17. The van der Waals surface area contributed by atoms with E-state index >= 15 is 0 Å². The highest BCUT2D eigenvalue weighted by Gasteiger charge is 2.30. The van der Waals surface area contributed by atoms with Gasteiger partial charge >= 0.3 is 0 Å². The summed E-state index contributed by atoms with van der Waals surface area (Å²) in [4.78, 5) is 15.1. The van der Waals surface area contributed by atoms with E-state index in [1.807, 2.05) is 38.7 Å². The molecule has 1 heterocycles. The minimum atomic E-state index is 0.124. The van der Waals surface area contributed by atoms with E-state index in [1.165, 1.54) is 29.5 Å². The van der Waals surface area contributed by atoms with Crippen molar-refractivity contribution in [1.29, 1.82) is 0 Å². The average Bonchev–Trinajstić information content (AvgIpc) is 2.90. The van der Waals surface area contributed by atoms with Crippen molar-refractivity contribution in [3.05, 3.63) is 64.7 Å². The zero-order valence-corrected chi connectivity index (χ0v) is 22.8. The van der Waals surface area contributed by atoms with Gasteiger partial charge in [-0.1, -0.05) is 58.0 Å². The number of amides is 1. The molecule has 0 spiro atoms. The number of fused-ring (bicyclic) bond motifs is 2. The molecule has 0 atom stereocenters. The first-order valence-corrected chi connectivity index (χ1v) is 13.6. The van der Waals surface area contributed by atoms with Crippen molar-refractivity contribution in [2.24, 2.45) is 10.8 Å². The number of nitrogens with zero attached hydrogens (tertiary/aromatic N) is 3. The zero-order chi connectivity index (χ0) is 25.8. The van der Waals surface area contributed by atoms with E-state index in [0.717, 1.165) is 42.8 Å². The van der Waals surface area contributed by atoms with Gasteiger partial charge in [-0.3, -0.25) is 9.80 Å². The zero-order valence-electron chi connectivity index (χ0n) is 22.8. The third-order valence-electron chi connectivity index (χ3n) is 6.30. The van der Waals surface area contributed by atoms with Gasteiger partial charge in [-0.25, -0.2) is 0 Å². The number of anilines is 1. The number of benzene rings is 2. The van der Waals surface area contributed by atoms with Crippen LogP contribution in [0, 0.1) is 0 Å². The molecule has 1 aliphatic carbocycles. The van der Waals surface area contributed by atoms with Gasteiger partial charge in [0.1, 0.15) is 0 Å². The van der Waals surface area contributed by atoms with Crippen LogP contribution in [0.5, 0.6) is 0 Å². The Hall–Kier alpha value is -2.66. The molecule has 0 fully saturated rings. The fourth-order valence-electron chi connectivity index (χ4n) is 4.54. The summed E-state index contributed by atoms with van der Waals surface area (Å²) < 4.78 is 0. The third-order valence-corrected chi connectivity index (χ3v) is 6.30. The Morgan fingerprint density at radius 2 is 1.63 bits per heavy atom. The number of hydrogen-bond donors (Lipinski definition) is 1. The predicted octanol–water partition coefficient (Wildman–Crippen LogP) is 6.32. The Balaban J connectivity index is 0.00000103. The van der Waals surface area contributed by atoms with Crippen LogP contribution < -0.4 is 10.6 Å². The summed E-state index contributed by atoms with van der Waals surface area (Å²) in [5.41, 5.74) is 12.8. The Labute approximate surface area is 213 Å². The fourth-order valence-corrected chi connectivity index (χ4v) is 4.54. The minimum absolute atomic E-state index is 0.124. The van der Waals surface area contributed by atoms with E-state index in [0.29, 0.717) is 19.5 Å². The molecule has 0 aromatic heterocycles. The van der Waals surface area contributed by atoms with Crippen molar-refractivity contribution >= 4 is 17.3 Å². The number of aryl methyl sites for hydroxylation is 2. The van der Waals surface area contributed by atoms with E-state index in [-0.39, 0.29) is 11.9 Å². The highest BCUT2D eigenvalue weighted by atomic mass is 16.2. The summed E-state index contributed by atoms with van der Waals surface area (Å²) >= 11 is 0. The molecule has 1 amide bonds. The van der Waals surface area contributed by atoms with E-state index in [2.05, 4.69) is 55.3 Å². The molecule has 5 heteroatoms. The van der Waals surface area contributed by atoms with Gasteiger partial charge in [0.05, 0.1) is 24.4 Å². The van der Waals surface area contributed by atoms with E-state index in [4.69, 9.17) is 10.8 Å². The van der Waals surface area contributed by atoms with Crippen LogP contribution in [0.2, 0.25) is 0 Å². The molecule has 0 saturated heterocycles. The van der Waals surface area contributed by atoms with Crippen molar-refractivity contribution in [1.82, 2.24) is 5.01 Å². The van der Waals surface area contributed by atoms with Crippen molar-refractivity contribution in [2.45, 2.75) is 92.7 Å². The summed E-state index contributed by atoms with van der Waals surface area (Å²) in [7, 11) is 0. The Kier molecular flexibility index (Phi) is 12.0. The van der Waals surface area contributed by atoms with Crippen LogP contribution in [0.15, 0.2) is 47.6 Å². The predicted molar refractivity (Wildman–Crippen MR) is 150 cm³/mol. The Morgan fingerprint density at radius 1 is 1.00 bits per heavy atom. The van der Waals surface area contributed by atoms with Gasteiger partial charge in [-0.05, 0) is 81.3 Å². The summed E-state index contributed by atoms with van der Waals surface area (Å²) in [6.07, 6.45) is 5.82. The third kappa shape index (κ3) is 7.41. The SMILES string of the molecule is CC.CC.CC(C)N(Cc1ccccc1)/N=C1\CC(=O)N(CCCN)c2cc3c(cc21)CCCC3. The van der Waals surface area contributed by atoms with Crippen LogP contribution in [0.3, 0.4) is 0 Å². The molecule has 0 bridgehead atoms. The molecule has 5 nitrogen and oxygen atoms in total. The molecule has 192 valence electrons. The number of carbonyl (C=O) groups is 1. The minimum Gasteiger partial charge on any atom is -0.330 e. The van der Waals surface area contributed by atoms with Gasteiger partial charge in [0.25, 0.3) is 0 Å². The molecule has 4 rings (SSSR count). The molecule has 0 saturated carbocycles. The lowest BCUT2D eigenvalue weighted by Crippen LogP contribution is -2.40. The number of rotatable bonds is 7. The van der Waals surface area contributed by atoms with Crippen molar-refractivity contribution in [3.8, 4) is 0 Å². The maximum absolute atomic E-state index is 13.1. The van der Waals surface area contributed by atoms with Gasteiger partial charge in [-0.15, -0.1) is 0 Å². The lowest BCUT2D eigenvalue weighted by Gasteiger charge is -2.34. The molecule has 2 aromatic rings. The number of nitrogens with two attached hydrogens (primary N) is 1. The molecule has 2 aliphatic rings. The fraction of sp³-hybridized carbons (Fsp3) is 0.533.